The van der Waals surface area contributed by atoms with Crippen LogP contribution < -0.4 is 0 Å². The topological polar surface area (TPSA) is 142 Å². The first kappa shape index (κ1) is 35.3. The van der Waals surface area contributed by atoms with Gasteiger partial charge in [-0.2, -0.15) is 0 Å². The Hall–Kier alpha value is -2.91. The summed E-state index contributed by atoms with van der Waals surface area (Å²) < 4.78 is 16.2. The Balaban J connectivity index is 0. The number of methoxy groups -OCH3 is 2. The number of carboxylic acids is 1. The average Bonchev–Trinajstić information content (AvgIpc) is 2.85. The van der Waals surface area contributed by atoms with Gasteiger partial charge in [0.2, 0.25) is 0 Å². The number of aliphatic carboxylic acids is 1. The highest BCUT2D eigenvalue weighted by Gasteiger charge is 2.15. The van der Waals surface area contributed by atoms with Gasteiger partial charge >= 0.3 is 30.2 Å². The fraction of sp³-hybridized carbons (Fsp3) is 0.731. The van der Waals surface area contributed by atoms with E-state index in [0.717, 1.165) is 27.1 Å². The van der Waals surface area contributed by atoms with Crippen molar-refractivity contribution in [1.82, 2.24) is 0 Å². The summed E-state index contributed by atoms with van der Waals surface area (Å²) in [6, 6.07) is 0. The Kier molecular flexibility index (Phi) is 26.1. The number of carboxylic acid groups (broad SMARTS) is 1. The van der Waals surface area contributed by atoms with E-state index in [2.05, 4.69) is 38.0 Å². The molecule has 208 valence electrons. The zero-order valence-electron chi connectivity index (χ0n) is 22.1. The van der Waals surface area contributed by atoms with Gasteiger partial charge in [-0.3, -0.25) is 14.4 Å². The highest BCUT2D eigenvalue weighted by atomic mass is 16.7. The van der Waals surface area contributed by atoms with Crippen LogP contribution in [0.15, 0.2) is 12.2 Å². The van der Waals surface area contributed by atoms with Crippen LogP contribution in [0.2, 0.25) is 0 Å². The Morgan fingerprint density at radius 1 is 0.583 bits per heavy atom. The quantitative estimate of drug-likeness (QED) is 0.0928. The number of carbonyl (C=O) groups is 5. The molecule has 10 nitrogen and oxygen atoms in total. The van der Waals surface area contributed by atoms with Crippen molar-refractivity contribution in [2.45, 2.75) is 110 Å². The molecule has 10 heteroatoms. The van der Waals surface area contributed by atoms with E-state index in [1.54, 1.807) is 0 Å². The van der Waals surface area contributed by atoms with Crippen molar-refractivity contribution in [2.75, 3.05) is 14.2 Å². The maximum atomic E-state index is 10.8. The molecular weight excluding hydrogens is 472 g/mol. The van der Waals surface area contributed by atoms with Gasteiger partial charge in [0.05, 0.1) is 27.1 Å². The van der Waals surface area contributed by atoms with E-state index in [1.807, 2.05) is 0 Å². The predicted octanol–water partition coefficient (Wildman–Crippen LogP) is 6.49. The number of rotatable bonds is 18. The van der Waals surface area contributed by atoms with Crippen molar-refractivity contribution >= 4 is 30.2 Å². The Labute approximate surface area is 214 Å². The van der Waals surface area contributed by atoms with Crippen molar-refractivity contribution in [3.63, 3.8) is 0 Å². The zero-order valence-corrected chi connectivity index (χ0v) is 22.1. The van der Waals surface area contributed by atoms with E-state index in [0.29, 0.717) is 6.42 Å². The van der Waals surface area contributed by atoms with Gasteiger partial charge in [-0.25, -0.2) is 9.59 Å². The largest absolute Gasteiger partial charge is 0.515 e. The summed E-state index contributed by atoms with van der Waals surface area (Å²) in [5.74, 6) is -2.59. The van der Waals surface area contributed by atoms with E-state index in [1.165, 1.54) is 70.6 Å². The second-order valence-corrected chi connectivity index (χ2v) is 8.08. The van der Waals surface area contributed by atoms with E-state index in [-0.39, 0.29) is 0 Å². The first-order valence-corrected chi connectivity index (χ1v) is 12.7. The molecule has 0 heterocycles. The van der Waals surface area contributed by atoms with Crippen molar-refractivity contribution in [3.8, 4) is 0 Å². The number of unbranched alkanes of at least 4 members (excludes halogenated alkanes) is 11. The number of ether oxygens (including phenoxy) is 4. The normalized spacial score (nSPS) is 10.2. The summed E-state index contributed by atoms with van der Waals surface area (Å²) in [5, 5.41) is 8.51. The Morgan fingerprint density at radius 2 is 0.972 bits per heavy atom. The molecule has 0 bridgehead atoms. The molecule has 0 spiro atoms. The molecule has 0 aromatic heterocycles. The highest BCUT2D eigenvalue weighted by Crippen LogP contribution is 2.09. The van der Waals surface area contributed by atoms with E-state index in [4.69, 9.17) is 5.11 Å². The monoisotopic (exact) mass is 516 g/mol. The fourth-order valence-corrected chi connectivity index (χ4v) is 2.92. The molecule has 0 aromatic rings. The molecular formula is C26H44O10. The second kappa shape index (κ2) is 26.7. The summed E-state index contributed by atoms with van der Waals surface area (Å²) in [6.45, 7) is 2.26. The maximum Gasteiger partial charge on any atom is 0.515 e. The van der Waals surface area contributed by atoms with Gasteiger partial charge < -0.3 is 24.1 Å². The van der Waals surface area contributed by atoms with Crippen molar-refractivity contribution in [1.29, 1.82) is 0 Å². The first-order valence-electron chi connectivity index (χ1n) is 12.7. The minimum atomic E-state index is -1.17. The van der Waals surface area contributed by atoms with Gasteiger partial charge in [0.15, 0.2) is 0 Å². The molecule has 0 saturated carbocycles. The number of esters is 2. The summed E-state index contributed by atoms with van der Waals surface area (Å²) in [6.07, 6.45) is 18.1. The van der Waals surface area contributed by atoms with E-state index < -0.39 is 43.1 Å². The summed E-state index contributed by atoms with van der Waals surface area (Å²) in [5.41, 5.74) is 0. The van der Waals surface area contributed by atoms with Crippen molar-refractivity contribution in [2.24, 2.45) is 0 Å². The SMILES string of the molecule is CCCCCCCC/C=C\CCCCCCCC(=O)O.COC(=O)OC(=O)CCC(=O)OC(=O)OC. The minimum Gasteiger partial charge on any atom is -0.481 e. The average molecular weight is 517 g/mol. The molecule has 0 atom stereocenters. The van der Waals surface area contributed by atoms with Gasteiger partial charge in [0.1, 0.15) is 0 Å². The van der Waals surface area contributed by atoms with Gasteiger partial charge in [-0.1, -0.05) is 70.4 Å². The summed E-state index contributed by atoms with van der Waals surface area (Å²) in [4.78, 5) is 52.8. The highest BCUT2D eigenvalue weighted by molar-refractivity contribution is 5.87. The molecule has 1 N–H and O–H groups in total. The van der Waals surface area contributed by atoms with Crippen LogP contribution in [0, 0.1) is 0 Å². The minimum absolute atomic E-state index is 0.332. The molecule has 0 aromatic carbocycles. The van der Waals surface area contributed by atoms with Crippen LogP contribution in [0.5, 0.6) is 0 Å². The van der Waals surface area contributed by atoms with Crippen LogP contribution in [-0.4, -0.2) is 49.5 Å². The van der Waals surface area contributed by atoms with Crippen molar-refractivity contribution < 1.29 is 48.0 Å². The zero-order chi connectivity index (χ0) is 27.4. The third-order valence-electron chi connectivity index (χ3n) is 4.91. The molecule has 0 radical (unpaired) electrons. The van der Waals surface area contributed by atoms with Gasteiger partial charge in [0, 0.05) is 6.42 Å². The number of carbonyl (C=O) groups excluding carboxylic acids is 4. The smallest absolute Gasteiger partial charge is 0.481 e. The van der Waals surface area contributed by atoms with Crippen LogP contribution in [0.1, 0.15) is 110 Å². The standard InChI is InChI=1S/C18H34O2.C8H10O8/c1-2-3-4-5-6-7-8-9-10-11-12-13-14-15-16-17-18(19)20;1-13-7(11)15-5(9)3-4-6(10)16-8(12)14-2/h9-10H,2-8,11-17H2,1H3,(H,19,20);3-4H2,1-2H3/b10-9-;. The molecule has 0 saturated heterocycles. The third kappa shape index (κ3) is 29.1. The van der Waals surface area contributed by atoms with Gasteiger partial charge in [0.25, 0.3) is 0 Å². The predicted molar refractivity (Wildman–Crippen MR) is 133 cm³/mol. The van der Waals surface area contributed by atoms with Crippen LogP contribution >= 0.6 is 0 Å². The van der Waals surface area contributed by atoms with Crippen LogP contribution in [0.3, 0.4) is 0 Å². The van der Waals surface area contributed by atoms with Gasteiger partial charge in [-0.05, 0) is 32.1 Å². The Morgan fingerprint density at radius 3 is 1.36 bits per heavy atom. The number of allylic oxidation sites excluding steroid dienone is 2. The fourth-order valence-electron chi connectivity index (χ4n) is 2.92. The van der Waals surface area contributed by atoms with E-state index >= 15 is 0 Å². The van der Waals surface area contributed by atoms with Crippen LogP contribution in [0.4, 0.5) is 9.59 Å². The molecule has 36 heavy (non-hydrogen) atoms. The molecule has 0 rings (SSSR count). The third-order valence-corrected chi connectivity index (χ3v) is 4.91. The van der Waals surface area contributed by atoms with E-state index in [9.17, 15) is 24.0 Å². The second-order valence-electron chi connectivity index (χ2n) is 8.08. The molecule has 0 fully saturated rings. The molecule has 0 unspecified atom stereocenters. The molecule has 0 aliphatic heterocycles. The molecule has 0 aliphatic carbocycles. The maximum absolute atomic E-state index is 10.8. The van der Waals surface area contributed by atoms with Crippen molar-refractivity contribution in [3.05, 3.63) is 12.2 Å². The lowest BCUT2D eigenvalue weighted by atomic mass is 10.1. The lowest BCUT2D eigenvalue weighted by Gasteiger charge is -2.01. The number of hydrogen-bond acceptors (Lipinski definition) is 9. The van der Waals surface area contributed by atoms with Crippen LogP contribution in [-0.2, 0) is 33.3 Å². The van der Waals surface area contributed by atoms with Gasteiger partial charge in [-0.15, -0.1) is 0 Å². The molecule has 0 amide bonds. The first-order chi connectivity index (χ1) is 17.3. The summed E-state index contributed by atoms with van der Waals surface area (Å²) in [7, 11) is 2.06. The molecule has 0 aliphatic rings. The Bertz CT molecular complexity index is 613. The van der Waals surface area contributed by atoms with Crippen LogP contribution in [0.25, 0.3) is 0 Å². The lowest BCUT2D eigenvalue weighted by Crippen LogP contribution is -2.16. The lowest BCUT2D eigenvalue weighted by molar-refractivity contribution is -0.146. The number of hydrogen-bond donors (Lipinski definition) is 1. The summed E-state index contributed by atoms with van der Waals surface area (Å²) >= 11 is 0.